The highest BCUT2D eigenvalue weighted by molar-refractivity contribution is 5.72. The van der Waals surface area contributed by atoms with E-state index in [2.05, 4.69) is 0 Å². The molecule has 88 valence electrons. The van der Waals surface area contributed by atoms with Crippen LogP contribution in [0.25, 0.3) is 11.1 Å². The molecule has 3 heteroatoms. The Morgan fingerprint density at radius 3 is 2.41 bits per heavy atom. The lowest BCUT2D eigenvalue weighted by Gasteiger charge is -2.11. The molecule has 2 aromatic carbocycles. The van der Waals surface area contributed by atoms with Gasteiger partial charge in [-0.2, -0.15) is 0 Å². The van der Waals surface area contributed by atoms with Crippen molar-refractivity contribution in [3.63, 3.8) is 0 Å². The topological polar surface area (TPSA) is 49.7 Å². The number of hydrogen-bond donors (Lipinski definition) is 2. The molecule has 0 aliphatic carbocycles. The van der Waals surface area contributed by atoms with Crippen molar-refractivity contribution in [2.24, 2.45) is 0 Å². The molecule has 0 aliphatic heterocycles. The number of ether oxygens (including phenoxy) is 1. The predicted molar refractivity (Wildman–Crippen MR) is 66.0 cm³/mol. The fourth-order valence-corrected chi connectivity index (χ4v) is 1.78. The maximum Gasteiger partial charge on any atom is 0.128 e. The Morgan fingerprint density at radius 2 is 1.82 bits per heavy atom. The third-order valence-electron chi connectivity index (χ3n) is 2.65. The van der Waals surface area contributed by atoms with E-state index in [1.165, 1.54) is 13.2 Å². The number of phenolic OH excluding ortho intramolecular Hbond substituents is 1. The molecule has 0 atom stereocenters. The van der Waals surface area contributed by atoms with E-state index in [1.54, 1.807) is 6.07 Å². The average molecular weight is 230 g/mol. The Morgan fingerprint density at radius 1 is 1.12 bits per heavy atom. The van der Waals surface area contributed by atoms with Crippen molar-refractivity contribution >= 4 is 0 Å². The van der Waals surface area contributed by atoms with E-state index >= 15 is 0 Å². The first-order chi connectivity index (χ1) is 8.26. The Labute approximate surface area is 99.9 Å². The molecular weight excluding hydrogens is 216 g/mol. The number of benzene rings is 2. The zero-order chi connectivity index (χ0) is 12.3. The molecule has 0 bridgehead atoms. The monoisotopic (exact) mass is 230 g/mol. The van der Waals surface area contributed by atoms with E-state index in [-0.39, 0.29) is 12.4 Å². The molecule has 0 spiro atoms. The van der Waals surface area contributed by atoms with Gasteiger partial charge in [0.1, 0.15) is 11.5 Å². The summed E-state index contributed by atoms with van der Waals surface area (Å²) in [5, 5.41) is 19.2. The molecule has 0 saturated carbocycles. The summed E-state index contributed by atoms with van der Waals surface area (Å²) in [6.07, 6.45) is 0. The van der Waals surface area contributed by atoms with Gasteiger partial charge < -0.3 is 14.9 Å². The van der Waals surface area contributed by atoms with Gasteiger partial charge >= 0.3 is 0 Å². The van der Waals surface area contributed by atoms with Crippen molar-refractivity contribution in [3.8, 4) is 22.6 Å². The van der Waals surface area contributed by atoms with Crippen LogP contribution in [0.1, 0.15) is 5.56 Å². The molecule has 0 amide bonds. The zero-order valence-electron chi connectivity index (χ0n) is 9.55. The Balaban J connectivity index is 2.56. The number of rotatable bonds is 3. The molecule has 0 aromatic heterocycles. The van der Waals surface area contributed by atoms with Crippen molar-refractivity contribution in [3.05, 3.63) is 48.0 Å². The standard InChI is InChI=1S/C14H14O3/c1-17-14-8-13(16)12(7-11(14)9-15)10-5-3-2-4-6-10/h2-8,15-16H,9H2,1H3. The molecule has 0 saturated heterocycles. The number of aliphatic hydroxyl groups excluding tert-OH is 1. The van der Waals surface area contributed by atoms with E-state index in [9.17, 15) is 10.2 Å². The van der Waals surface area contributed by atoms with Gasteiger partial charge in [0, 0.05) is 17.2 Å². The second-order valence-electron chi connectivity index (χ2n) is 3.71. The van der Waals surface area contributed by atoms with Gasteiger partial charge in [0.15, 0.2) is 0 Å². The first-order valence-corrected chi connectivity index (χ1v) is 5.32. The van der Waals surface area contributed by atoms with Crippen LogP contribution in [0.15, 0.2) is 42.5 Å². The lowest BCUT2D eigenvalue weighted by Crippen LogP contribution is -1.93. The fraction of sp³-hybridized carbons (Fsp3) is 0.143. The molecule has 2 aromatic rings. The summed E-state index contributed by atoms with van der Waals surface area (Å²) in [6.45, 7) is -0.122. The second kappa shape index (κ2) is 4.89. The maximum atomic E-state index is 9.93. The summed E-state index contributed by atoms with van der Waals surface area (Å²) in [5.41, 5.74) is 2.25. The maximum absolute atomic E-state index is 9.93. The van der Waals surface area contributed by atoms with Gasteiger partial charge in [-0.05, 0) is 11.6 Å². The van der Waals surface area contributed by atoms with E-state index in [0.29, 0.717) is 16.9 Å². The van der Waals surface area contributed by atoms with Crippen LogP contribution in [0.4, 0.5) is 0 Å². The van der Waals surface area contributed by atoms with E-state index in [0.717, 1.165) is 5.56 Å². The van der Waals surface area contributed by atoms with Crippen LogP contribution >= 0.6 is 0 Å². The Bertz CT molecular complexity index is 506. The summed E-state index contributed by atoms with van der Waals surface area (Å²) >= 11 is 0. The summed E-state index contributed by atoms with van der Waals surface area (Å²) in [7, 11) is 1.51. The first kappa shape index (κ1) is 11.5. The molecule has 2 rings (SSSR count). The minimum atomic E-state index is -0.122. The summed E-state index contributed by atoms with van der Waals surface area (Å²) in [6, 6.07) is 12.8. The average Bonchev–Trinajstić information content (AvgIpc) is 2.39. The van der Waals surface area contributed by atoms with E-state index < -0.39 is 0 Å². The van der Waals surface area contributed by atoms with Gasteiger partial charge in [0.25, 0.3) is 0 Å². The summed E-state index contributed by atoms with van der Waals surface area (Å²) < 4.78 is 5.09. The smallest absolute Gasteiger partial charge is 0.128 e. The van der Waals surface area contributed by atoms with Gasteiger partial charge in [0.05, 0.1) is 13.7 Å². The zero-order valence-corrected chi connectivity index (χ0v) is 9.55. The van der Waals surface area contributed by atoms with E-state index in [4.69, 9.17) is 4.74 Å². The largest absolute Gasteiger partial charge is 0.507 e. The number of aliphatic hydroxyl groups is 1. The number of hydrogen-bond acceptors (Lipinski definition) is 3. The molecule has 2 N–H and O–H groups in total. The molecule has 0 unspecified atom stereocenters. The molecule has 17 heavy (non-hydrogen) atoms. The molecule has 0 aliphatic rings. The molecule has 0 heterocycles. The van der Waals surface area contributed by atoms with Crippen molar-refractivity contribution in [2.45, 2.75) is 6.61 Å². The minimum Gasteiger partial charge on any atom is -0.507 e. The lowest BCUT2D eigenvalue weighted by molar-refractivity contribution is 0.273. The normalized spacial score (nSPS) is 10.2. The second-order valence-corrected chi connectivity index (χ2v) is 3.71. The van der Waals surface area contributed by atoms with Gasteiger partial charge in [-0.15, -0.1) is 0 Å². The Hall–Kier alpha value is -2.00. The minimum absolute atomic E-state index is 0.122. The lowest BCUT2D eigenvalue weighted by atomic mass is 10.0. The molecule has 3 nitrogen and oxygen atoms in total. The van der Waals surface area contributed by atoms with Crippen LogP contribution in [0, 0.1) is 0 Å². The Kier molecular flexibility index (Phi) is 3.30. The number of phenols is 1. The van der Waals surface area contributed by atoms with Crippen molar-refractivity contribution in [1.82, 2.24) is 0 Å². The third kappa shape index (κ3) is 2.24. The summed E-state index contributed by atoms with van der Waals surface area (Å²) in [5.74, 6) is 0.634. The van der Waals surface area contributed by atoms with Gasteiger partial charge in [-0.3, -0.25) is 0 Å². The highest BCUT2D eigenvalue weighted by Gasteiger charge is 2.10. The van der Waals surface area contributed by atoms with Crippen LogP contribution in [-0.4, -0.2) is 17.3 Å². The van der Waals surface area contributed by atoms with Crippen LogP contribution in [0.2, 0.25) is 0 Å². The van der Waals surface area contributed by atoms with Crippen molar-refractivity contribution in [2.75, 3.05) is 7.11 Å². The van der Waals surface area contributed by atoms with Gasteiger partial charge in [0.2, 0.25) is 0 Å². The third-order valence-corrected chi connectivity index (χ3v) is 2.65. The molecule has 0 fully saturated rings. The summed E-state index contributed by atoms with van der Waals surface area (Å²) in [4.78, 5) is 0. The van der Waals surface area contributed by atoms with Crippen LogP contribution in [0.3, 0.4) is 0 Å². The van der Waals surface area contributed by atoms with Crippen molar-refractivity contribution < 1.29 is 14.9 Å². The van der Waals surface area contributed by atoms with Gasteiger partial charge in [-0.25, -0.2) is 0 Å². The van der Waals surface area contributed by atoms with Crippen LogP contribution in [-0.2, 0) is 6.61 Å². The first-order valence-electron chi connectivity index (χ1n) is 5.32. The highest BCUT2D eigenvalue weighted by Crippen LogP contribution is 2.35. The number of aromatic hydroxyl groups is 1. The highest BCUT2D eigenvalue weighted by atomic mass is 16.5. The molecule has 0 radical (unpaired) electrons. The molecular formula is C14H14O3. The van der Waals surface area contributed by atoms with Gasteiger partial charge in [-0.1, -0.05) is 30.3 Å². The van der Waals surface area contributed by atoms with Crippen LogP contribution < -0.4 is 4.74 Å². The van der Waals surface area contributed by atoms with Crippen LogP contribution in [0.5, 0.6) is 11.5 Å². The number of methoxy groups -OCH3 is 1. The predicted octanol–water partition coefficient (Wildman–Crippen LogP) is 2.56. The quantitative estimate of drug-likeness (QED) is 0.852. The van der Waals surface area contributed by atoms with Crippen molar-refractivity contribution in [1.29, 1.82) is 0 Å². The SMILES string of the molecule is COc1cc(O)c(-c2ccccc2)cc1CO. The fourth-order valence-electron chi connectivity index (χ4n) is 1.78. The van der Waals surface area contributed by atoms with E-state index in [1.807, 2.05) is 30.3 Å².